The van der Waals surface area contributed by atoms with E-state index in [0.29, 0.717) is 17.7 Å². The van der Waals surface area contributed by atoms with Crippen LogP contribution < -0.4 is 0 Å². The SMILES string of the molecule is N#Cc1ccc(F)c(COCc2ccccc2Br)c1. The lowest BCUT2D eigenvalue weighted by Gasteiger charge is -2.07. The Bertz CT molecular complexity index is 622. The second kappa shape index (κ2) is 6.46. The minimum absolute atomic E-state index is 0.142. The Labute approximate surface area is 119 Å². The van der Waals surface area contributed by atoms with Crippen LogP contribution >= 0.6 is 15.9 Å². The summed E-state index contributed by atoms with van der Waals surface area (Å²) < 4.78 is 20.0. The van der Waals surface area contributed by atoms with Gasteiger partial charge in [-0.3, -0.25) is 0 Å². The van der Waals surface area contributed by atoms with Gasteiger partial charge in [0.2, 0.25) is 0 Å². The van der Waals surface area contributed by atoms with E-state index in [0.717, 1.165) is 10.0 Å². The summed E-state index contributed by atoms with van der Waals surface area (Å²) in [6.07, 6.45) is 0. The van der Waals surface area contributed by atoms with E-state index >= 15 is 0 Å². The molecule has 0 aliphatic carbocycles. The van der Waals surface area contributed by atoms with Crippen LogP contribution in [0.15, 0.2) is 46.9 Å². The highest BCUT2D eigenvalue weighted by Crippen LogP contribution is 2.18. The average Bonchev–Trinajstić information content (AvgIpc) is 2.43. The molecule has 0 aliphatic rings. The van der Waals surface area contributed by atoms with E-state index in [1.807, 2.05) is 30.3 Å². The van der Waals surface area contributed by atoms with Crippen LogP contribution in [0.1, 0.15) is 16.7 Å². The fourth-order valence-electron chi connectivity index (χ4n) is 1.64. The van der Waals surface area contributed by atoms with E-state index in [2.05, 4.69) is 15.9 Å². The standard InChI is InChI=1S/C15H11BrFNO/c16-14-4-2-1-3-12(14)9-19-10-13-7-11(8-18)5-6-15(13)17/h1-7H,9-10H2. The van der Waals surface area contributed by atoms with Crippen LogP contribution in [0.4, 0.5) is 4.39 Å². The summed E-state index contributed by atoms with van der Waals surface area (Å²) in [4.78, 5) is 0. The molecule has 2 rings (SSSR count). The summed E-state index contributed by atoms with van der Waals surface area (Å²) in [7, 11) is 0. The van der Waals surface area contributed by atoms with Crippen molar-refractivity contribution >= 4 is 15.9 Å². The van der Waals surface area contributed by atoms with Gasteiger partial charge in [0.1, 0.15) is 5.82 Å². The molecule has 0 atom stereocenters. The van der Waals surface area contributed by atoms with Crippen LogP contribution in [-0.4, -0.2) is 0 Å². The second-order valence-corrected chi connectivity index (χ2v) is 4.86. The number of rotatable bonds is 4. The van der Waals surface area contributed by atoms with Crippen molar-refractivity contribution < 1.29 is 9.13 Å². The summed E-state index contributed by atoms with van der Waals surface area (Å²) in [6, 6.07) is 13.9. The highest BCUT2D eigenvalue weighted by atomic mass is 79.9. The van der Waals surface area contributed by atoms with E-state index in [1.165, 1.54) is 18.2 Å². The molecule has 0 N–H and O–H groups in total. The Morgan fingerprint density at radius 2 is 1.84 bits per heavy atom. The molecule has 0 aromatic heterocycles. The lowest BCUT2D eigenvalue weighted by molar-refractivity contribution is 0.104. The Balaban J connectivity index is 2.00. The molecule has 0 fully saturated rings. The first-order valence-electron chi connectivity index (χ1n) is 5.70. The summed E-state index contributed by atoms with van der Waals surface area (Å²) in [6.45, 7) is 0.528. The maximum absolute atomic E-state index is 13.5. The lowest BCUT2D eigenvalue weighted by atomic mass is 10.1. The predicted octanol–water partition coefficient (Wildman–Crippen LogP) is 4.18. The topological polar surface area (TPSA) is 33.0 Å². The minimum Gasteiger partial charge on any atom is -0.372 e. The summed E-state index contributed by atoms with van der Waals surface area (Å²) in [5.41, 5.74) is 1.83. The molecule has 4 heteroatoms. The number of nitriles is 1. The van der Waals surface area contributed by atoms with Crippen LogP contribution in [0.3, 0.4) is 0 Å². The molecule has 0 bridgehead atoms. The fraction of sp³-hybridized carbons (Fsp3) is 0.133. The molecule has 0 unspecified atom stereocenters. The molecule has 0 saturated carbocycles. The van der Waals surface area contributed by atoms with Gasteiger partial charge in [-0.25, -0.2) is 4.39 Å². The number of hydrogen-bond acceptors (Lipinski definition) is 2. The normalized spacial score (nSPS) is 10.2. The molecule has 0 amide bonds. The van der Waals surface area contributed by atoms with E-state index in [9.17, 15) is 4.39 Å². The summed E-state index contributed by atoms with van der Waals surface area (Å²) >= 11 is 3.42. The zero-order chi connectivity index (χ0) is 13.7. The lowest BCUT2D eigenvalue weighted by Crippen LogP contribution is -1.98. The van der Waals surface area contributed by atoms with Crippen molar-refractivity contribution in [3.05, 3.63) is 69.4 Å². The van der Waals surface area contributed by atoms with Crippen LogP contribution in [0.2, 0.25) is 0 Å². The maximum atomic E-state index is 13.5. The number of benzene rings is 2. The third-order valence-corrected chi connectivity index (χ3v) is 3.42. The first-order valence-corrected chi connectivity index (χ1v) is 6.49. The number of nitrogens with zero attached hydrogens (tertiary/aromatic N) is 1. The maximum Gasteiger partial charge on any atom is 0.128 e. The third-order valence-electron chi connectivity index (χ3n) is 2.65. The summed E-state index contributed by atoms with van der Waals surface area (Å²) in [5, 5.41) is 8.77. The molecular weight excluding hydrogens is 309 g/mol. The van der Waals surface area contributed by atoms with Gasteiger partial charge in [-0.05, 0) is 29.8 Å². The molecule has 2 nitrogen and oxygen atoms in total. The van der Waals surface area contributed by atoms with Crippen molar-refractivity contribution in [3.8, 4) is 6.07 Å². The molecular formula is C15H11BrFNO. The highest BCUT2D eigenvalue weighted by molar-refractivity contribution is 9.10. The largest absolute Gasteiger partial charge is 0.372 e. The molecule has 0 aliphatic heterocycles. The molecule has 0 saturated heterocycles. The first kappa shape index (κ1) is 13.7. The van der Waals surface area contributed by atoms with Crippen LogP contribution in [0.25, 0.3) is 0 Å². The monoisotopic (exact) mass is 319 g/mol. The van der Waals surface area contributed by atoms with E-state index < -0.39 is 0 Å². The zero-order valence-electron chi connectivity index (χ0n) is 10.1. The highest BCUT2D eigenvalue weighted by Gasteiger charge is 2.05. The Kier molecular flexibility index (Phi) is 4.67. The molecule has 0 heterocycles. The van der Waals surface area contributed by atoms with Gasteiger partial charge in [0, 0.05) is 10.0 Å². The van der Waals surface area contributed by atoms with Gasteiger partial charge < -0.3 is 4.74 Å². The Morgan fingerprint density at radius 3 is 2.58 bits per heavy atom. The van der Waals surface area contributed by atoms with Crippen molar-refractivity contribution in [2.24, 2.45) is 0 Å². The van der Waals surface area contributed by atoms with Crippen LogP contribution in [-0.2, 0) is 18.0 Å². The second-order valence-electron chi connectivity index (χ2n) is 4.00. The van der Waals surface area contributed by atoms with Crippen molar-refractivity contribution in [3.63, 3.8) is 0 Å². The van der Waals surface area contributed by atoms with E-state index in [1.54, 1.807) is 0 Å². The van der Waals surface area contributed by atoms with Gasteiger partial charge in [-0.1, -0.05) is 34.1 Å². The molecule has 2 aromatic rings. The molecule has 0 radical (unpaired) electrons. The zero-order valence-corrected chi connectivity index (χ0v) is 11.7. The van der Waals surface area contributed by atoms with Gasteiger partial charge >= 0.3 is 0 Å². The fourth-order valence-corrected chi connectivity index (χ4v) is 2.04. The minimum atomic E-state index is -0.355. The molecule has 96 valence electrons. The predicted molar refractivity (Wildman–Crippen MR) is 73.8 cm³/mol. The van der Waals surface area contributed by atoms with Crippen LogP contribution in [0.5, 0.6) is 0 Å². The van der Waals surface area contributed by atoms with Gasteiger partial charge in [0.25, 0.3) is 0 Å². The van der Waals surface area contributed by atoms with Crippen molar-refractivity contribution in [2.75, 3.05) is 0 Å². The quantitative estimate of drug-likeness (QED) is 0.847. The molecule has 19 heavy (non-hydrogen) atoms. The van der Waals surface area contributed by atoms with Gasteiger partial charge in [-0.15, -0.1) is 0 Å². The average molecular weight is 320 g/mol. The van der Waals surface area contributed by atoms with Gasteiger partial charge in [0.15, 0.2) is 0 Å². The van der Waals surface area contributed by atoms with Gasteiger partial charge in [0.05, 0.1) is 24.8 Å². The van der Waals surface area contributed by atoms with E-state index in [-0.39, 0.29) is 12.4 Å². The van der Waals surface area contributed by atoms with Crippen molar-refractivity contribution in [1.82, 2.24) is 0 Å². The Hall–Kier alpha value is -1.70. The Morgan fingerprint density at radius 1 is 1.11 bits per heavy atom. The smallest absolute Gasteiger partial charge is 0.128 e. The third kappa shape index (κ3) is 3.63. The van der Waals surface area contributed by atoms with Crippen molar-refractivity contribution in [2.45, 2.75) is 13.2 Å². The number of halogens is 2. The van der Waals surface area contributed by atoms with Crippen molar-refractivity contribution in [1.29, 1.82) is 5.26 Å². The molecule has 0 spiro atoms. The van der Waals surface area contributed by atoms with Gasteiger partial charge in [-0.2, -0.15) is 5.26 Å². The summed E-state index contributed by atoms with van der Waals surface area (Å²) in [5.74, 6) is -0.355. The number of hydrogen-bond donors (Lipinski definition) is 0. The van der Waals surface area contributed by atoms with Crippen LogP contribution in [0, 0.1) is 17.1 Å². The first-order chi connectivity index (χ1) is 9.20. The number of ether oxygens (including phenoxy) is 1. The van der Waals surface area contributed by atoms with E-state index in [4.69, 9.17) is 10.00 Å². The molecule has 2 aromatic carbocycles.